The Morgan fingerprint density at radius 2 is 2.23 bits per heavy atom. The predicted molar refractivity (Wildman–Crippen MR) is 82.9 cm³/mol. The van der Waals surface area contributed by atoms with Gasteiger partial charge >= 0.3 is 6.03 Å². The maximum atomic E-state index is 11.9. The summed E-state index contributed by atoms with van der Waals surface area (Å²) in [6, 6.07) is 5.40. The van der Waals surface area contributed by atoms with E-state index in [1.54, 1.807) is 12.4 Å². The van der Waals surface area contributed by atoms with E-state index in [1.165, 1.54) is 0 Å². The number of carbonyl (C=O) groups excluding carboxylic acids is 1. The number of carbonyl (C=O) groups is 1. The zero-order chi connectivity index (χ0) is 15.5. The normalized spacial score (nSPS) is 15.8. The van der Waals surface area contributed by atoms with Crippen LogP contribution in [0.1, 0.15) is 23.9 Å². The molecule has 0 spiro atoms. The molecule has 2 N–H and O–H groups in total. The fourth-order valence-electron chi connectivity index (χ4n) is 2.36. The molecular formula is C16H18N4O2. The number of urea groups is 1. The van der Waals surface area contributed by atoms with Gasteiger partial charge in [-0.3, -0.25) is 9.97 Å². The van der Waals surface area contributed by atoms with Crippen LogP contribution >= 0.6 is 0 Å². The van der Waals surface area contributed by atoms with Crippen LogP contribution in [0.5, 0.6) is 5.75 Å². The second-order valence-corrected chi connectivity index (χ2v) is 5.41. The largest absolute Gasteiger partial charge is 0.490 e. The lowest BCUT2D eigenvalue weighted by molar-refractivity contribution is 0.251. The lowest BCUT2D eigenvalue weighted by Gasteiger charge is -2.08. The average molecular weight is 298 g/mol. The monoisotopic (exact) mass is 298 g/mol. The third-order valence-corrected chi connectivity index (χ3v) is 3.42. The van der Waals surface area contributed by atoms with Gasteiger partial charge in [0.05, 0.1) is 24.1 Å². The summed E-state index contributed by atoms with van der Waals surface area (Å²) >= 11 is 0. The smallest absolute Gasteiger partial charge is 0.319 e. The summed E-state index contributed by atoms with van der Waals surface area (Å²) in [6.07, 6.45) is 4.39. The van der Waals surface area contributed by atoms with E-state index in [1.807, 2.05) is 32.0 Å². The molecule has 0 saturated heterocycles. The van der Waals surface area contributed by atoms with Crippen molar-refractivity contribution in [2.24, 2.45) is 0 Å². The van der Waals surface area contributed by atoms with Crippen LogP contribution in [0, 0.1) is 6.92 Å². The topological polar surface area (TPSA) is 76.1 Å². The first kappa shape index (κ1) is 14.3. The number of amides is 2. The molecule has 114 valence electrons. The first-order valence-corrected chi connectivity index (χ1v) is 7.22. The van der Waals surface area contributed by atoms with Gasteiger partial charge in [-0.25, -0.2) is 4.79 Å². The average Bonchev–Trinajstić information content (AvgIpc) is 2.86. The molecule has 0 saturated carbocycles. The molecule has 2 amide bonds. The summed E-state index contributed by atoms with van der Waals surface area (Å²) in [4.78, 5) is 20.2. The highest BCUT2D eigenvalue weighted by molar-refractivity contribution is 5.89. The van der Waals surface area contributed by atoms with Crippen molar-refractivity contribution in [3.05, 3.63) is 47.5 Å². The highest BCUT2D eigenvalue weighted by Crippen LogP contribution is 2.30. The molecule has 0 aliphatic carbocycles. The summed E-state index contributed by atoms with van der Waals surface area (Å²) in [5, 5.41) is 5.57. The molecule has 0 radical (unpaired) electrons. The second kappa shape index (κ2) is 6.01. The van der Waals surface area contributed by atoms with E-state index in [0.29, 0.717) is 6.54 Å². The number of rotatable bonds is 3. The molecule has 1 atom stereocenters. The Labute approximate surface area is 128 Å². The fourth-order valence-corrected chi connectivity index (χ4v) is 2.36. The lowest BCUT2D eigenvalue weighted by atomic mass is 10.1. The Bertz CT molecular complexity index is 685. The number of anilines is 1. The van der Waals surface area contributed by atoms with E-state index in [4.69, 9.17) is 4.74 Å². The predicted octanol–water partition coefficient (Wildman–Crippen LogP) is 2.43. The Balaban J connectivity index is 1.56. The quantitative estimate of drug-likeness (QED) is 0.912. The van der Waals surface area contributed by atoms with Gasteiger partial charge in [0.25, 0.3) is 0 Å². The SMILES string of the molecule is Cc1cnc(CNC(=O)Nc2ccc3c(c2)C[C@@H](C)O3)cn1. The molecule has 22 heavy (non-hydrogen) atoms. The molecule has 0 unspecified atom stereocenters. The van der Waals surface area contributed by atoms with E-state index in [-0.39, 0.29) is 12.1 Å². The number of hydrogen-bond acceptors (Lipinski definition) is 4. The first-order chi connectivity index (χ1) is 10.6. The highest BCUT2D eigenvalue weighted by atomic mass is 16.5. The highest BCUT2D eigenvalue weighted by Gasteiger charge is 2.19. The molecule has 1 aliphatic heterocycles. The van der Waals surface area contributed by atoms with Crippen LogP contribution < -0.4 is 15.4 Å². The van der Waals surface area contributed by atoms with Crippen LogP contribution in [0.2, 0.25) is 0 Å². The maximum absolute atomic E-state index is 11.9. The number of ether oxygens (including phenoxy) is 1. The van der Waals surface area contributed by atoms with Crippen molar-refractivity contribution in [1.29, 1.82) is 0 Å². The molecular weight excluding hydrogens is 280 g/mol. The van der Waals surface area contributed by atoms with Crippen LogP contribution in [0.25, 0.3) is 0 Å². The minimum absolute atomic E-state index is 0.194. The van der Waals surface area contributed by atoms with Crippen molar-refractivity contribution in [1.82, 2.24) is 15.3 Å². The standard InChI is InChI=1S/C16H18N4O2/c1-10-7-18-14(8-17-10)9-19-16(21)20-13-3-4-15-12(6-13)5-11(2)22-15/h3-4,6-8,11H,5,9H2,1-2H3,(H2,19,20,21)/t11-/m1/s1. The van der Waals surface area contributed by atoms with E-state index in [9.17, 15) is 4.79 Å². The fraction of sp³-hybridized carbons (Fsp3) is 0.312. The van der Waals surface area contributed by atoms with Crippen molar-refractivity contribution < 1.29 is 9.53 Å². The van der Waals surface area contributed by atoms with Gasteiger partial charge in [0, 0.05) is 18.3 Å². The van der Waals surface area contributed by atoms with Crippen molar-refractivity contribution in [2.45, 2.75) is 32.9 Å². The zero-order valence-corrected chi connectivity index (χ0v) is 12.6. The Morgan fingerprint density at radius 3 is 3.00 bits per heavy atom. The number of hydrogen-bond donors (Lipinski definition) is 2. The summed E-state index contributed by atoms with van der Waals surface area (Å²) in [5.74, 6) is 0.897. The number of nitrogens with zero attached hydrogens (tertiary/aromatic N) is 2. The van der Waals surface area contributed by atoms with E-state index < -0.39 is 0 Å². The number of aryl methyl sites for hydroxylation is 1. The first-order valence-electron chi connectivity index (χ1n) is 7.22. The van der Waals surface area contributed by atoms with Crippen LogP contribution in [-0.2, 0) is 13.0 Å². The molecule has 3 rings (SSSR count). The summed E-state index contributed by atoms with van der Waals surface area (Å²) < 4.78 is 5.64. The van der Waals surface area contributed by atoms with Gasteiger partial charge in [-0.2, -0.15) is 0 Å². The summed E-state index contributed by atoms with van der Waals surface area (Å²) in [7, 11) is 0. The van der Waals surface area contributed by atoms with Gasteiger partial charge < -0.3 is 15.4 Å². The molecule has 2 heterocycles. The van der Waals surface area contributed by atoms with E-state index in [2.05, 4.69) is 20.6 Å². The summed E-state index contributed by atoms with van der Waals surface area (Å²) in [5.41, 5.74) is 3.44. The van der Waals surface area contributed by atoms with Gasteiger partial charge in [-0.15, -0.1) is 0 Å². The van der Waals surface area contributed by atoms with Gasteiger partial charge in [0.2, 0.25) is 0 Å². The number of nitrogens with one attached hydrogen (secondary N) is 2. The molecule has 0 fully saturated rings. The molecule has 0 bridgehead atoms. The van der Waals surface area contributed by atoms with Crippen LogP contribution in [0.15, 0.2) is 30.6 Å². The van der Waals surface area contributed by atoms with Crippen LogP contribution in [-0.4, -0.2) is 22.1 Å². The van der Waals surface area contributed by atoms with Crippen molar-refractivity contribution >= 4 is 11.7 Å². The molecule has 2 aromatic rings. The van der Waals surface area contributed by atoms with Crippen molar-refractivity contribution in [2.75, 3.05) is 5.32 Å². The van der Waals surface area contributed by atoms with Crippen LogP contribution in [0.4, 0.5) is 10.5 Å². The Kier molecular flexibility index (Phi) is 3.91. The third-order valence-electron chi connectivity index (χ3n) is 3.42. The number of fused-ring (bicyclic) bond motifs is 1. The second-order valence-electron chi connectivity index (χ2n) is 5.41. The van der Waals surface area contributed by atoms with Crippen molar-refractivity contribution in [3.63, 3.8) is 0 Å². The molecule has 6 nitrogen and oxygen atoms in total. The maximum Gasteiger partial charge on any atom is 0.319 e. The molecule has 1 aromatic heterocycles. The van der Waals surface area contributed by atoms with Gasteiger partial charge in [0.1, 0.15) is 11.9 Å². The summed E-state index contributed by atoms with van der Waals surface area (Å²) in [6.45, 7) is 4.24. The molecule has 1 aromatic carbocycles. The minimum atomic E-state index is -0.269. The Hall–Kier alpha value is -2.63. The van der Waals surface area contributed by atoms with Gasteiger partial charge in [0.15, 0.2) is 0 Å². The Morgan fingerprint density at radius 1 is 1.36 bits per heavy atom. The lowest BCUT2D eigenvalue weighted by Crippen LogP contribution is -2.28. The van der Waals surface area contributed by atoms with E-state index >= 15 is 0 Å². The van der Waals surface area contributed by atoms with Crippen LogP contribution in [0.3, 0.4) is 0 Å². The number of aromatic nitrogens is 2. The molecule has 6 heteroatoms. The van der Waals surface area contributed by atoms with E-state index in [0.717, 1.165) is 34.8 Å². The molecule has 1 aliphatic rings. The number of benzene rings is 1. The van der Waals surface area contributed by atoms with Crippen molar-refractivity contribution in [3.8, 4) is 5.75 Å². The minimum Gasteiger partial charge on any atom is -0.490 e. The van der Waals surface area contributed by atoms with Gasteiger partial charge in [-0.05, 0) is 37.6 Å². The third kappa shape index (κ3) is 3.33. The zero-order valence-electron chi connectivity index (χ0n) is 12.6. The van der Waals surface area contributed by atoms with Gasteiger partial charge in [-0.1, -0.05) is 0 Å².